The molecule has 18 heavy (non-hydrogen) atoms. The Morgan fingerprint density at radius 3 is 2.39 bits per heavy atom. The van der Waals surface area contributed by atoms with Crippen molar-refractivity contribution < 1.29 is 8.78 Å². The van der Waals surface area contributed by atoms with E-state index in [2.05, 4.69) is 0 Å². The monoisotopic (exact) mass is 254 g/mol. The topological polar surface area (TPSA) is 52.0 Å². The molecule has 100 valence electrons. The highest BCUT2D eigenvalue weighted by Gasteiger charge is 2.28. The standard InChI is InChI=1S/C14H20F2N2/c15-10-6-7-12(16)11(8-10)14(18)13(17)9-4-2-1-3-5-9/h6-9,13-14H,1-5,17-18H2. The van der Waals surface area contributed by atoms with Crippen LogP contribution in [0.1, 0.15) is 43.7 Å². The minimum Gasteiger partial charge on any atom is -0.326 e. The van der Waals surface area contributed by atoms with Crippen LogP contribution in [0.4, 0.5) is 8.78 Å². The summed E-state index contributed by atoms with van der Waals surface area (Å²) in [6.45, 7) is 0. The molecule has 2 rings (SSSR count). The van der Waals surface area contributed by atoms with Crippen molar-refractivity contribution in [3.8, 4) is 0 Å². The van der Waals surface area contributed by atoms with E-state index in [0.717, 1.165) is 43.9 Å². The lowest BCUT2D eigenvalue weighted by Gasteiger charge is -2.31. The minimum atomic E-state index is -0.635. The minimum absolute atomic E-state index is 0.188. The van der Waals surface area contributed by atoms with Crippen molar-refractivity contribution in [1.29, 1.82) is 0 Å². The average Bonchev–Trinajstić information content (AvgIpc) is 2.41. The van der Waals surface area contributed by atoms with Crippen LogP contribution < -0.4 is 11.5 Å². The molecule has 0 aromatic heterocycles. The van der Waals surface area contributed by atoms with Gasteiger partial charge < -0.3 is 11.5 Å². The average molecular weight is 254 g/mol. The fourth-order valence-corrected chi connectivity index (χ4v) is 2.79. The summed E-state index contributed by atoms with van der Waals surface area (Å²) in [5, 5.41) is 0. The first kappa shape index (κ1) is 13.4. The Balaban J connectivity index is 2.13. The number of hydrogen-bond donors (Lipinski definition) is 2. The summed E-state index contributed by atoms with van der Waals surface area (Å²) in [7, 11) is 0. The molecule has 0 bridgehead atoms. The molecule has 0 heterocycles. The van der Waals surface area contributed by atoms with Crippen molar-refractivity contribution in [2.75, 3.05) is 0 Å². The second kappa shape index (κ2) is 5.76. The number of hydrogen-bond acceptors (Lipinski definition) is 2. The zero-order valence-electron chi connectivity index (χ0n) is 10.4. The molecule has 1 aliphatic rings. The molecule has 0 aliphatic heterocycles. The number of benzene rings is 1. The van der Waals surface area contributed by atoms with E-state index < -0.39 is 17.7 Å². The summed E-state index contributed by atoms with van der Waals surface area (Å²) < 4.78 is 26.8. The van der Waals surface area contributed by atoms with E-state index in [0.29, 0.717) is 5.92 Å². The van der Waals surface area contributed by atoms with E-state index in [-0.39, 0.29) is 11.6 Å². The Labute approximate surface area is 106 Å². The Bertz CT molecular complexity index is 403. The molecule has 4 heteroatoms. The van der Waals surface area contributed by atoms with Gasteiger partial charge in [-0.15, -0.1) is 0 Å². The van der Waals surface area contributed by atoms with E-state index in [4.69, 9.17) is 11.5 Å². The molecule has 0 radical (unpaired) electrons. The maximum atomic E-state index is 13.6. The third-order valence-corrected chi connectivity index (χ3v) is 3.93. The van der Waals surface area contributed by atoms with Crippen LogP contribution in [0, 0.1) is 17.6 Å². The Morgan fingerprint density at radius 1 is 1.06 bits per heavy atom. The van der Waals surface area contributed by atoms with Crippen LogP contribution in [-0.4, -0.2) is 6.04 Å². The molecule has 0 saturated heterocycles. The van der Waals surface area contributed by atoms with Gasteiger partial charge in [-0.05, 0) is 37.0 Å². The van der Waals surface area contributed by atoms with Crippen molar-refractivity contribution >= 4 is 0 Å². The highest BCUT2D eigenvalue weighted by molar-refractivity contribution is 5.23. The maximum Gasteiger partial charge on any atom is 0.128 e. The van der Waals surface area contributed by atoms with Crippen LogP contribution in [0.2, 0.25) is 0 Å². The molecule has 0 spiro atoms. The summed E-state index contributed by atoms with van der Waals surface area (Å²) in [6.07, 6.45) is 5.60. The zero-order valence-corrected chi connectivity index (χ0v) is 10.4. The van der Waals surface area contributed by atoms with Gasteiger partial charge in [0.15, 0.2) is 0 Å². The molecule has 1 fully saturated rings. The lowest BCUT2D eigenvalue weighted by molar-refractivity contribution is 0.276. The third kappa shape index (κ3) is 2.87. The van der Waals surface area contributed by atoms with Gasteiger partial charge >= 0.3 is 0 Å². The van der Waals surface area contributed by atoms with Crippen LogP contribution >= 0.6 is 0 Å². The van der Waals surface area contributed by atoms with E-state index in [9.17, 15) is 8.78 Å². The van der Waals surface area contributed by atoms with Crippen LogP contribution in [-0.2, 0) is 0 Å². The van der Waals surface area contributed by atoms with Crippen molar-refractivity contribution in [2.45, 2.75) is 44.2 Å². The maximum absolute atomic E-state index is 13.6. The molecule has 1 aromatic carbocycles. The van der Waals surface area contributed by atoms with Gasteiger partial charge in [0.05, 0.1) is 0 Å². The van der Waals surface area contributed by atoms with Gasteiger partial charge in [-0.25, -0.2) is 8.78 Å². The Hall–Kier alpha value is -1.00. The first-order valence-corrected chi connectivity index (χ1v) is 6.55. The molecular formula is C14H20F2N2. The number of rotatable bonds is 3. The highest BCUT2D eigenvalue weighted by atomic mass is 19.1. The van der Waals surface area contributed by atoms with Gasteiger partial charge in [0.1, 0.15) is 11.6 Å². The second-order valence-electron chi connectivity index (χ2n) is 5.17. The van der Waals surface area contributed by atoms with Gasteiger partial charge in [-0.2, -0.15) is 0 Å². The highest BCUT2D eigenvalue weighted by Crippen LogP contribution is 2.31. The summed E-state index contributed by atoms with van der Waals surface area (Å²) in [4.78, 5) is 0. The molecule has 1 aliphatic carbocycles. The smallest absolute Gasteiger partial charge is 0.128 e. The zero-order chi connectivity index (χ0) is 13.1. The van der Waals surface area contributed by atoms with E-state index in [1.165, 1.54) is 6.42 Å². The number of halogens is 2. The molecule has 4 N–H and O–H groups in total. The summed E-state index contributed by atoms with van der Waals surface area (Å²) in [5.41, 5.74) is 12.3. The molecule has 2 unspecified atom stereocenters. The second-order valence-corrected chi connectivity index (χ2v) is 5.17. The number of nitrogens with two attached hydrogens (primary N) is 2. The van der Waals surface area contributed by atoms with Crippen molar-refractivity contribution in [1.82, 2.24) is 0 Å². The van der Waals surface area contributed by atoms with E-state index >= 15 is 0 Å². The lowest BCUT2D eigenvalue weighted by atomic mass is 9.80. The first-order valence-electron chi connectivity index (χ1n) is 6.55. The predicted molar refractivity (Wildman–Crippen MR) is 67.8 cm³/mol. The predicted octanol–water partition coefficient (Wildman–Crippen LogP) is 2.87. The lowest BCUT2D eigenvalue weighted by Crippen LogP contribution is -2.41. The first-order chi connectivity index (χ1) is 8.59. The summed E-state index contributed by atoms with van der Waals surface area (Å²) >= 11 is 0. The van der Waals surface area contributed by atoms with Crippen LogP contribution in [0.5, 0.6) is 0 Å². The molecule has 2 nitrogen and oxygen atoms in total. The molecular weight excluding hydrogens is 234 g/mol. The van der Waals surface area contributed by atoms with Crippen LogP contribution in [0.3, 0.4) is 0 Å². The Morgan fingerprint density at radius 2 is 1.72 bits per heavy atom. The van der Waals surface area contributed by atoms with Crippen molar-refractivity contribution in [3.05, 3.63) is 35.4 Å². The summed E-state index contributed by atoms with van der Waals surface area (Å²) in [5.74, 6) is -0.635. The third-order valence-electron chi connectivity index (χ3n) is 3.93. The summed E-state index contributed by atoms with van der Waals surface area (Å²) in [6, 6.07) is 2.42. The van der Waals surface area contributed by atoms with Crippen LogP contribution in [0.15, 0.2) is 18.2 Å². The van der Waals surface area contributed by atoms with Gasteiger partial charge in [0, 0.05) is 17.6 Å². The fraction of sp³-hybridized carbons (Fsp3) is 0.571. The van der Waals surface area contributed by atoms with Gasteiger partial charge in [-0.3, -0.25) is 0 Å². The SMILES string of the molecule is NC(c1cc(F)ccc1F)C(N)C1CCCCC1. The normalized spacial score (nSPS) is 20.7. The Kier molecular flexibility index (Phi) is 4.30. The van der Waals surface area contributed by atoms with Gasteiger partial charge in [-0.1, -0.05) is 19.3 Å². The van der Waals surface area contributed by atoms with E-state index in [1.807, 2.05) is 0 Å². The van der Waals surface area contributed by atoms with Crippen molar-refractivity contribution in [3.63, 3.8) is 0 Å². The van der Waals surface area contributed by atoms with Crippen molar-refractivity contribution in [2.24, 2.45) is 17.4 Å². The fourth-order valence-electron chi connectivity index (χ4n) is 2.79. The van der Waals surface area contributed by atoms with Gasteiger partial charge in [0.2, 0.25) is 0 Å². The van der Waals surface area contributed by atoms with E-state index in [1.54, 1.807) is 0 Å². The molecule has 1 aromatic rings. The largest absolute Gasteiger partial charge is 0.326 e. The van der Waals surface area contributed by atoms with Crippen LogP contribution in [0.25, 0.3) is 0 Å². The van der Waals surface area contributed by atoms with Gasteiger partial charge in [0.25, 0.3) is 0 Å². The molecule has 1 saturated carbocycles. The molecule has 2 atom stereocenters. The quantitative estimate of drug-likeness (QED) is 0.871. The molecule has 0 amide bonds.